The van der Waals surface area contributed by atoms with Crippen LogP contribution in [-0.2, 0) is 0 Å². The van der Waals surface area contributed by atoms with Crippen molar-refractivity contribution >= 4 is 67.8 Å². The van der Waals surface area contributed by atoms with Crippen molar-refractivity contribution in [3.8, 4) is 0 Å². The van der Waals surface area contributed by atoms with E-state index in [1.54, 1.807) is 0 Å². The van der Waals surface area contributed by atoms with E-state index in [1.807, 2.05) is 12.1 Å². The number of rotatable bonds is 0. The molecule has 0 saturated carbocycles. The van der Waals surface area contributed by atoms with E-state index in [9.17, 15) is 0 Å². The molecule has 0 unspecified atom stereocenters. The molecule has 0 heterocycles. The zero-order chi connectivity index (χ0) is 10.3. The summed E-state index contributed by atoms with van der Waals surface area (Å²) in [5.74, 6) is 0. The van der Waals surface area contributed by atoms with Gasteiger partial charge in [0, 0.05) is 46.2 Å². The van der Waals surface area contributed by atoms with Crippen molar-refractivity contribution in [3.63, 3.8) is 0 Å². The first-order valence-electron chi connectivity index (χ1n) is 5.01. The molecule has 0 amide bonds. The third kappa shape index (κ3) is 2.72. The molecule has 3 rings (SSSR count). The monoisotopic (exact) mass is 244 g/mol. The van der Waals surface area contributed by atoms with Crippen LogP contribution in [0.3, 0.4) is 0 Å². The SMILES string of the molecule is Nc1ccc2cc3ccccc3cc2c1.[Na].[Si]. The van der Waals surface area contributed by atoms with Crippen molar-refractivity contribution in [3.05, 3.63) is 54.6 Å². The van der Waals surface area contributed by atoms with Crippen LogP contribution in [0.5, 0.6) is 0 Å². The number of hydrogen-bond acceptors (Lipinski definition) is 1. The molecule has 0 aliphatic heterocycles. The second-order valence-corrected chi connectivity index (χ2v) is 3.81. The summed E-state index contributed by atoms with van der Waals surface area (Å²) in [4.78, 5) is 0. The molecule has 17 heavy (non-hydrogen) atoms. The summed E-state index contributed by atoms with van der Waals surface area (Å²) in [6, 6.07) is 18.8. The molecule has 0 spiro atoms. The minimum absolute atomic E-state index is 0. The summed E-state index contributed by atoms with van der Waals surface area (Å²) >= 11 is 0. The van der Waals surface area contributed by atoms with Crippen molar-refractivity contribution in [1.82, 2.24) is 0 Å². The van der Waals surface area contributed by atoms with Crippen molar-refractivity contribution in [2.45, 2.75) is 0 Å². The number of fused-ring (bicyclic) bond motifs is 2. The normalized spacial score (nSPS) is 9.65. The number of hydrogen-bond donors (Lipinski definition) is 1. The van der Waals surface area contributed by atoms with E-state index in [1.165, 1.54) is 21.5 Å². The fourth-order valence-corrected chi connectivity index (χ4v) is 1.96. The van der Waals surface area contributed by atoms with Crippen LogP contribution in [0.15, 0.2) is 54.6 Å². The van der Waals surface area contributed by atoms with Gasteiger partial charge in [-0.15, -0.1) is 0 Å². The predicted molar refractivity (Wildman–Crippen MR) is 77.4 cm³/mol. The second kappa shape index (κ2) is 5.69. The number of benzene rings is 3. The Bertz CT molecular complexity index is 652. The van der Waals surface area contributed by atoms with Crippen molar-refractivity contribution in [1.29, 1.82) is 0 Å². The van der Waals surface area contributed by atoms with E-state index in [-0.39, 0.29) is 40.5 Å². The molecule has 2 N–H and O–H groups in total. The molecule has 5 radical (unpaired) electrons. The first-order valence-corrected chi connectivity index (χ1v) is 5.01. The summed E-state index contributed by atoms with van der Waals surface area (Å²) in [7, 11) is 0. The average molecular weight is 244 g/mol. The van der Waals surface area contributed by atoms with Crippen molar-refractivity contribution in [2.75, 3.05) is 5.73 Å². The smallest absolute Gasteiger partial charge is 0.0320 e. The van der Waals surface area contributed by atoms with Gasteiger partial charge in [-0.1, -0.05) is 30.3 Å². The molecule has 3 aromatic carbocycles. The van der Waals surface area contributed by atoms with E-state index in [0.29, 0.717) is 0 Å². The van der Waals surface area contributed by atoms with Gasteiger partial charge >= 0.3 is 0 Å². The minimum atomic E-state index is 0. The molecule has 0 aromatic heterocycles. The van der Waals surface area contributed by atoms with Crippen LogP contribution < -0.4 is 5.73 Å². The first-order chi connectivity index (χ1) is 7.33. The van der Waals surface area contributed by atoms with Gasteiger partial charge in [0.05, 0.1) is 0 Å². The number of anilines is 1. The van der Waals surface area contributed by atoms with Gasteiger partial charge in [-0.2, -0.15) is 0 Å². The van der Waals surface area contributed by atoms with Crippen LogP contribution in [0.1, 0.15) is 0 Å². The van der Waals surface area contributed by atoms with Gasteiger partial charge in [-0.3, -0.25) is 0 Å². The maximum atomic E-state index is 5.77. The van der Waals surface area contributed by atoms with Gasteiger partial charge < -0.3 is 5.73 Å². The summed E-state index contributed by atoms with van der Waals surface area (Å²) in [6.45, 7) is 0. The Morgan fingerprint density at radius 1 is 0.647 bits per heavy atom. The van der Waals surface area contributed by atoms with Crippen LogP contribution in [0, 0.1) is 0 Å². The Hall–Kier alpha value is -0.803. The van der Waals surface area contributed by atoms with Gasteiger partial charge in [0.15, 0.2) is 0 Å². The number of nitrogen functional groups attached to an aromatic ring is 1. The molecular weight excluding hydrogens is 233 g/mol. The zero-order valence-corrected chi connectivity index (χ0v) is 12.8. The third-order valence-corrected chi connectivity index (χ3v) is 2.73. The Morgan fingerprint density at radius 3 is 1.82 bits per heavy atom. The fourth-order valence-electron chi connectivity index (χ4n) is 1.96. The largest absolute Gasteiger partial charge is 0.399 e. The molecule has 1 nitrogen and oxygen atoms in total. The number of nitrogens with two attached hydrogens (primary N) is 1. The molecule has 3 aromatic rings. The summed E-state index contributed by atoms with van der Waals surface area (Å²) < 4.78 is 0. The third-order valence-electron chi connectivity index (χ3n) is 2.73. The van der Waals surface area contributed by atoms with Crippen LogP contribution in [0.2, 0.25) is 0 Å². The molecular formula is C14H11NNaSi. The minimum Gasteiger partial charge on any atom is -0.399 e. The van der Waals surface area contributed by atoms with E-state index >= 15 is 0 Å². The topological polar surface area (TPSA) is 26.0 Å². The maximum Gasteiger partial charge on any atom is 0.0320 e. The Labute approximate surface area is 127 Å². The van der Waals surface area contributed by atoms with E-state index in [4.69, 9.17) is 5.73 Å². The molecule has 3 heteroatoms. The molecule has 0 bridgehead atoms. The zero-order valence-electron chi connectivity index (χ0n) is 9.77. The second-order valence-electron chi connectivity index (χ2n) is 3.81. The van der Waals surface area contributed by atoms with E-state index in [0.717, 1.165) is 5.69 Å². The van der Waals surface area contributed by atoms with Crippen LogP contribution in [0.25, 0.3) is 21.5 Å². The summed E-state index contributed by atoms with van der Waals surface area (Å²) in [6.07, 6.45) is 0. The quantitative estimate of drug-likeness (QED) is 0.367. The summed E-state index contributed by atoms with van der Waals surface area (Å²) in [5, 5.41) is 4.97. The summed E-state index contributed by atoms with van der Waals surface area (Å²) in [5.41, 5.74) is 6.59. The fraction of sp³-hybridized carbons (Fsp3) is 0. The van der Waals surface area contributed by atoms with Gasteiger partial charge in [-0.05, 0) is 45.8 Å². The standard InChI is InChI=1S/C14H11N.Na.Si/c15-14-6-5-12-7-10-3-1-2-4-11(10)8-13(12)9-14;;/h1-9H,15H2;;. The molecule has 0 aliphatic rings. The first kappa shape index (κ1) is 14.3. The van der Waals surface area contributed by atoms with Crippen LogP contribution in [0.4, 0.5) is 5.69 Å². The Morgan fingerprint density at radius 2 is 1.18 bits per heavy atom. The van der Waals surface area contributed by atoms with Gasteiger partial charge in [0.2, 0.25) is 0 Å². The van der Waals surface area contributed by atoms with Crippen LogP contribution in [-0.4, -0.2) is 40.5 Å². The van der Waals surface area contributed by atoms with Crippen molar-refractivity contribution < 1.29 is 0 Å². The van der Waals surface area contributed by atoms with E-state index < -0.39 is 0 Å². The van der Waals surface area contributed by atoms with Gasteiger partial charge in [0.1, 0.15) is 0 Å². The molecule has 0 saturated heterocycles. The van der Waals surface area contributed by atoms with Gasteiger partial charge in [0.25, 0.3) is 0 Å². The maximum absolute atomic E-state index is 5.77. The van der Waals surface area contributed by atoms with Gasteiger partial charge in [-0.25, -0.2) is 0 Å². The molecule has 77 valence electrons. The predicted octanol–water partition coefficient (Wildman–Crippen LogP) is 2.81. The molecule has 0 aliphatic carbocycles. The van der Waals surface area contributed by atoms with Crippen LogP contribution >= 0.6 is 0 Å². The Kier molecular flexibility index (Phi) is 4.77. The Balaban J connectivity index is 0.000000722. The van der Waals surface area contributed by atoms with Crippen molar-refractivity contribution in [2.24, 2.45) is 0 Å². The van der Waals surface area contributed by atoms with E-state index in [2.05, 4.69) is 42.5 Å². The average Bonchev–Trinajstić information content (AvgIpc) is 2.26. The molecule has 0 atom stereocenters. The molecule has 0 fully saturated rings.